The van der Waals surface area contributed by atoms with Crippen LogP contribution >= 0.6 is 0 Å². The third-order valence-electron chi connectivity index (χ3n) is 5.68. The summed E-state index contributed by atoms with van der Waals surface area (Å²) in [7, 11) is 0. The van der Waals surface area contributed by atoms with E-state index in [-0.39, 0.29) is 41.9 Å². The van der Waals surface area contributed by atoms with Gasteiger partial charge in [-0.05, 0) is 30.2 Å². The van der Waals surface area contributed by atoms with Crippen molar-refractivity contribution in [2.45, 2.75) is 25.3 Å². The maximum absolute atomic E-state index is 13.1. The lowest BCUT2D eigenvalue weighted by Crippen LogP contribution is -2.38. The third-order valence-corrected chi connectivity index (χ3v) is 5.68. The lowest BCUT2D eigenvalue weighted by Gasteiger charge is -2.38. The topological polar surface area (TPSA) is 80.5 Å². The highest BCUT2D eigenvalue weighted by Gasteiger charge is 2.58. The van der Waals surface area contributed by atoms with E-state index in [1.165, 1.54) is 4.90 Å². The van der Waals surface area contributed by atoms with Gasteiger partial charge < -0.3 is 5.73 Å². The number of rotatable bonds is 4. The highest BCUT2D eigenvalue weighted by molar-refractivity contribution is 6.06. The predicted molar refractivity (Wildman–Crippen MR) is 87.2 cm³/mol. The quantitative estimate of drug-likeness (QED) is 0.677. The number of fused-ring (bicyclic) bond motifs is 1. The third kappa shape index (κ3) is 2.19. The zero-order chi connectivity index (χ0) is 16.8. The molecule has 5 rings (SSSR count). The Labute approximate surface area is 140 Å². The minimum atomic E-state index is -0.603. The first kappa shape index (κ1) is 15.1. The van der Waals surface area contributed by atoms with E-state index in [1.54, 1.807) is 0 Å². The summed E-state index contributed by atoms with van der Waals surface area (Å²) in [5, 5.41) is 0. The molecule has 2 fully saturated rings. The summed E-state index contributed by atoms with van der Waals surface area (Å²) in [5.74, 6) is -1.03. The van der Waals surface area contributed by atoms with Crippen LogP contribution in [0.5, 0.6) is 0 Å². The zero-order valence-electron chi connectivity index (χ0n) is 13.3. The Morgan fingerprint density at radius 2 is 1.58 bits per heavy atom. The van der Waals surface area contributed by atoms with Crippen molar-refractivity contribution in [1.29, 1.82) is 0 Å². The van der Waals surface area contributed by atoms with Gasteiger partial charge in [0.1, 0.15) is 0 Å². The normalized spacial score (nSPS) is 32.1. The Morgan fingerprint density at radius 1 is 1.04 bits per heavy atom. The van der Waals surface area contributed by atoms with Gasteiger partial charge in [-0.15, -0.1) is 0 Å². The van der Waals surface area contributed by atoms with E-state index >= 15 is 0 Å². The Hall–Kier alpha value is -2.43. The van der Waals surface area contributed by atoms with Crippen LogP contribution in [0, 0.1) is 23.7 Å². The highest BCUT2D eigenvalue weighted by Crippen LogP contribution is 2.51. The molecule has 5 unspecified atom stereocenters. The van der Waals surface area contributed by atoms with Crippen LogP contribution in [0.1, 0.15) is 30.9 Å². The van der Waals surface area contributed by atoms with Crippen molar-refractivity contribution in [2.24, 2.45) is 29.4 Å². The molecule has 1 heterocycles. The van der Waals surface area contributed by atoms with Crippen molar-refractivity contribution in [3.05, 3.63) is 48.0 Å². The molecule has 0 radical (unpaired) electrons. The van der Waals surface area contributed by atoms with E-state index < -0.39 is 11.9 Å². The van der Waals surface area contributed by atoms with Gasteiger partial charge in [0.15, 0.2) is 0 Å². The fourth-order valence-electron chi connectivity index (χ4n) is 4.63. The number of amides is 3. The summed E-state index contributed by atoms with van der Waals surface area (Å²) in [4.78, 5) is 39.0. The second kappa shape index (κ2) is 5.58. The summed E-state index contributed by atoms with van der Waals surface area (Å²) >= 11 is 0. The number of primary amides is 1. The van der Waals surface area contributed by atoms with Crippen LogP contribution in [-0.4, -0.2) is 22.6 Å². The van der Waals surface area contributed by atoms with Crippen molar-refractivity contribution in [2.75, 3.05) is 0 Å². The summed E-state index contributed by atoms with van der Waals surface area (Å²) in [6, 6.07) is 8.61. The average molecular weight is 324 g/mol. The molecule has 24 heavy (non-hydrogen) atoms. The van der Waals surface area contributed by atoms with Crippen LogP contribution in [0.4, 0.5) is 0 Å². The largest absolute Gasteiger partial charge is 0.370 e. The zero-order valence-corrected chi connectivity index (χ0v) is 13.3. The summed E-state index contributed by atoms with van der Waals surface area (Å²) in [6.07, 6.45) is 6.07. The number of carbonyl (C=O) groups is 3. The van der Waals surface area contributed by atoms with Crippen LogP contribution in [0.2, 0.25) is 0 Å². The van der Waals surface area contributed by atoms with Crippen molar-refractivity contribution < 1.29 is 14.4 Å². The van der Waals surface area contributed by atoms with Crippen LogP contribution in [-0.2, 0) is 14.4 Å². The Kier molecular flexibility index (Phi) is 3.52. The standard InChI is InChI=1S/C19H20N2O3/c20-15(22)10-14(11-4-2-1-3-5-11)21-18(23)16-12-6-7-13(9-8-12)17(16)19(21)24/h1-7,12-14,16-17H,8-10H2,(H2,20,22). The van der Waals surface area contributed by atoms with Crippen molar-refractivity contribution in [3.8, 4) is 0 Å². The number of hydrogen-bond acceptors (Lipinski definition) is 3. The lowest BCUT2D eigenvalue weighted by atomic mass is 9.63. The first-order valence-electron chi connectivity index (χ1n) is 8.46. The molecular weight excluding hydrogens is 304 g/mol. The first-order valence-corrected chi connectivity index (χ1v) is 8.46. The van der Waals surface area contributed by atoms with Gasteiger partial charge >= 0.3 is 0 Å². The minimum absolute atomic E-state index is 0.0380. The molecule has 2 bridgehead atoms. The second-order valence-electron chi connectivity index (χ2n) is 6.98. The van der Waals surface area contributed by atoms with E-state index in [0.29, 0.717) is 0 Å². The molecule has 5 nitrogen and oxygen atoms in total. The summed E-state index contributed by atoms with van der Waals surface area (Å²) in [5.41, 5.74) is 6.18. The smallest absolute Gasteiger partial charge is 0.234 e. The van der Waals surface area contributed by atoms with E-state index in [0.717, 1.165) is 18.4 Å². The number of hydrogen-bond donors (Lipinski definition) is 1. The van der Waals surface area contributed by atoms with Gasteiger partial charge in [-0.1, -0.05) is 42.5 Å². The van der Waals surface area contributed by atoms with Crippen LogP contribution in [0.3, 0.4) is 0 Å². The number of carbonyl (C=O) groups excluding carboxylic acids is 3. The maximum atomic E-state index is 13.1. The Bertz CT molecular complexity index is 695. The minimum Gasteiger partial charge on any atom is -0.370 e. The van der Waals surface area contributed by atoms with E-state index in [4.69, 9.17) is 5.73 Å². The second-order valence-corrected chi connectivity index (χ2v) is 6.98. The first-order chi connectivity index (χ1) is 11.6. The van der Waals surface area contributed by atoms with Gasteiger partial charge in [0.2, 0.25) is 17.7 Å². The Morgan fingerprint density at radius 3 is 2.04 bits per heavy atom. The van der Waals surface area contributed by atoms with E-state index in [2.05, 4.69) is 12.2 Å². The average Bonchev–Trinajstić information content (AvgIpc) is 2.88. The molecule has 4 aliphatic rings. The molecule has 1 aromatic carbocycles. The van der Waals surface area contributed by atoms with Crippen LogP contribution in [0.15, 0.2) is 42.5 Å². The molecule has 5 atom stereocenters. The maximum Gasteiger partial charge on any atom is 0.234 e. The number of nitrogens with zero attached hydrogens (tertiary/aromatic N) is 1. The lowest BCUT2D eigenvalue weighted by molar-refractivity contribution is -0.143. The van der Waals surface area contributed by atoms with E-state index in [9.17, 15) is 14.4 Å². The van der Waals surface area contributed by atoms with Crippen LogP contribution < -0.4 is 5.73 Å². The van der Waals surface area contributed by atoms with Gasteiger partial charge in [-0.2, -0.15) is 0 Å². The molecule has 1 saturated heterocycles. The number of benzene rings is 1. The van der Waals surface area contributed by atoms with Gasteiger partial charge in [0, 0.05) is 0 Å². The molecule has 5 heteroatoms. The highest BCUT2D eigenvalue weighted by atomic mass is 16.2. The van der Waals surface area contributed by atoms with Crippen molar-refractivity contribution in [1.82, 2.24) is 4.90 Å². The number of allylic oxidation sites excluding steroid dienone is 2. The van der Waals surface area contributed by atoms with Gasteiger partial charge in [-0.3, -0.25) is 19.3 Å². The molecule has 3 amide bonds. The summed E-state index contributed by atoms with van der Waals surface area (Å²) < 4.78 is 0. The van der Waals surface area contributed by atoms with Crippen molar-refractivity contribution in [3.63, 3.8) is 0 Å². The van der Waals surface area contributed by atoms with Crippen molar-refractivity contribution >= 4 is 17.7 Å². The fraction of sp³-hybridized carbons (Fsp3) is 0.421. The molecule has 0 aromatic heterocycles. The van der Waals surface area contributed by atoms with Gasteiger partial charge in [0.05, 0.1) is 24.3 Å². The number of likely N-dealkylation sites (tertiary alicyclic amines) is 1. The fourth-order valence-corrected chi connectivity index (χ4v) is 4.63. The SMILES string of the molecule is NC(=O)CC(c1ccccc1)N1C(=O)C2C3C=CC(CC3)C2C1=O. The summed E-state index contributed by atoms with van der Waals surface area (Å²) in [6.45, 7) is 0. The molecule has 3 aliphatic carbocycles. The molecule has 0 spiro atoms. The van der Waals surface area contributed by atoms with Gasteiger partial charge in [-0.25, -0.2) is 0 Å². The molecule has 2 N–H and O–H groups in total. The van der Waals surface area contributed by atoms with Gasteiger partial charge in [0.25, 0.3) is 0 Å². The van der Waals surface area contributed by atoms with E-state index in [1.807, 2.05) is 30.3 Å². The molecule has 124 valence electrons. The molecule has 1 saturated carbocycles. The Balaban J connectivity index is 1.73. The molecular formula is C19H20N2O3. The molecule has 1 aromatic rings. The number of nitrogens with two attached hydrogens (primary N) is 1. The monoisotopic (exact) mass is 324 g/mol. The molecule has 1 aliphatic heterocycles. The van der Waals surface area contributed by atoms with Crippen LogP contribution in [0.25, 0.3) is 0 Å². The number of imide groups is 1. The predicted octanol–water partition coefficient (Wildman–Crippen LogP) is 1.80.